The first-order chi connectivity index (χ1) is 10.2. The number of hydrogen-bond acceptors (Lipinski definition) is 2. The highest BCUT2D eigenvalue weighted by Gasteiger charge is 2.24. The monoisotopic (exact) mass is 305 g/mol. The SMILES string of the molecule is CCCNC(CSc1ccc(C(C)C)cc1)C1CCCC1. The molecule has 1 fully saturated rings. The van der Waals surface area contributed by atoms with E-state index in [9.17, 15) is 0 Å². The summed E-state index contributed by atoms with van der Waals surface area (Å²) < 4.78 is 0. The molecule has 0 saturated heterocycles. The minimum atomic E-state index is 0.626. The lowest BCUT2D eigenvalue weighted by Crippen LogP contribution is -2.37. The van der Waals surface area contributed by atoms with E-state index in [0.717, 1.165) is 12.5 Å². The average Bonchev–Trinajstić information content (AvgIpc) is 3.02. The van der Waals surface area contributed by atoms with Gasteiger partial charge >= 0.3 is 0 Å². The van der Waals surface area contributed by atoms with Gasteiger partial charge in [-0.25, -0.2) is 0 Å². The highest BCUT2D eigenvalue weighted by atomic mass is 32.2. The van der Waals surface area contributed by atoms with E-state index in [-0.39, 0.29) is 0 Å². The number of thioether (sulfide) groups is 1. The van der Waals surface area contributed by atoms with E-state index >= 15 is 0 Å². The second-order valence-electron chi connectivity index (χ2n) is 6.64. The van der Waals surface area contributed by atoms with Crippen molar-refractivity contribution in [3.05, 3.63) is 29.8 Å². The first-order valence-electron chi connectivity index (χ1n) is 8.66. The van der Waals surface area contributed by atoms with E-state index < -0.39 is 0 Å². The summed E-state index contributed by atoms with van der Waals surface area (Å²) >= 11 is 2.02. The van der Waals surface area contributed by atoms with Crippen molar-refractivity contribution in [3.8, 4) is 0 Å². The Morgan fingerprint density at radius 1 is 1.14 bits per heavy atom. The Morgan fingerprint density at radius 3 is 2.38 bits per heavy atom. The van der Waals surface area contributed by atoms with Gasteiger partial charge < -0.3 is 5.32 Å². The summed E-state index contributed by atoms with van der Waals surface area (Å²) in [7, 11) is 0. The molecule has 0 spiro atoms. The van der Waals surface area contributed by atoms with E-state index in [1.165, 1.54) is 48.3 Å². The quantitative estimate of drug-likeness (QED) is 0.640. The lowest BCUT2D eigenvalue weighted by molar-refractivity contribution is 0.388. The molecule has 0 aromatic heterocycles. The maximum absolute atomic E-state index is 3.79. The van der Waals surface area contributed by atoms with Crippen LogP contribution in [0.2, 0.25) is 0 Å². The van der Waals surface area contributed by atoms with Crippen LogP contribution in [0.5, 0.6) is 0 Å². The molecule has 0 amide bonds. The Labute approximate surface area is 135 Å². The summed E-state index contributed by atoms with van der Waals surface area (Å²) in [5.74, 6) is 2.74. The normalized spacial score (nSPS) is 17.5. The molecule has 1 aromatic carbocycles. The predicted molar refractivity (Wildman–Crippen MR) is 95.3 cm³/mol. The fourth-order valence-corrected chi connectivity index (χ4v) is 4.28. The molecule has 1 aliphatic rings. The van der Waals surface area contributed by atoms with Gasteiger partial charge in [-0.15, -0.1) is 11.8 Å². The molecule has 1 saturated carbocycles. The molecule has 2 heteroatoms. The van der Waals surface area contributed by atoms with Gasteiger partial charge in [-0.2, -0.15) is 0 Å². The molecule has 1 aliphatic carbocycles. The van der Waals surface area contributed by atoms with E-state index in [2.05, 4.69) is 50.4 Å². The third-order valence-electron chi connectivity index (χ3n) is 4.60. The van der Waals surface area contributed by atoms with E-state index in [1.807, 2.05) is 11.8 Å². The van der Waals surface area contributed by atoms with Gasteiger partial charge in [-0.1, -0.05) is 45.7 Å². The average molecular weight is 306 g/mol. The molecule has 118 valence electrons. The van der Waals surface area contributed by atoms with E-state index in [4.69, 9.17) is 0 Å². The van der Waals surface area contributed by atoms with Crippen LogP contribution in [0.1, 0.15) is 64.4 Å². The van der Waals surface area contributed by atoms with Crippen molar-refractivity contribution in [2.45, 2.75) is 69.7 Å². The number of benzene rings is 1. The fourth-order valence-electron chi connectivity index (χ4n) is 3.19. The third-order valence-corrected chi connectivity index (χ3v) is 5.73. The van der Waals surface area contributed by atoms with Crippen LogP contribution >= 0.6 is 11.8 Å². The van der Waals surface area contributed by atoms with Crippen molar-refractivity contribution < 1.29 is 0 Å². The van der Waals surface area contributed by atoms with E-state index in [0.29, 0.717) is 12.0 Å². The van der Waals surface area contributed by atoms with Crippen LogP contribution in [0.4, 0.5) is 0 Å². The Bertz CT molecular complexity index is 393. The molecule has 21 heavy (non-hydrogen) atoms. The molecule has 0 radical (unpaired) electrons. The standard InChI is InChI=1S/C19H31NS/c1-4-13-20-19(17-7-5-6-8-17)14-21-18-11-9-16(10-12-18)15(2)3/h9-12,15,17,19-20H,4-8,13-14H2,1-3H3. The van der Waals surface area contributed by atoms with Gasteiger partial charge in [-0.3, -0.25) is 0 Å². The Kier molecular flexibility index (Phi) is 7.12. The summed E-state index contributed by atoms with van der Waals surface area (Å²) in [6, 6.07) is 9.87. The highest BCUT2D eigenvalue weighted by molar-refractivity contribution is 7.99. The van der Waals surface area contributed by atoms with Gasteiger partial charge in [0.1, 0.15) is 0 Å². The number of rotatable bonds is 8. The van der Waals surface area contributed by atoms with Crippen molar-refractivity contribution in [2.75, 3.05) is 12.3 Å². The van der Waals surface area contributed by atoms with Gasteiger partial charge in [0, 0.05) is 16.7 Å². The Hall–Kier alpha value is -0.470. The summed E-state index contributed by atoms with van der Waals surface area (Å²) in [5.41, 5.74) is 1.44. The van der Waals surface area contributed by atoms with Gasteiger partial charge in [0.05, 0.1) is 0 Å². The molecule has 0 bridgehead atoms. The molecule has 1 atom stereocenters. The van der Waals surface area contributed by atoms with Gasteiger partial charge in [-0.05, 0) is 55.3 Å². The molecule has 0 heterocycles. The van der Waals surface area contributed by atoms with Gasteiger partial charge in [0.25, 0.3) is 0 Å². The van der Waals surface area contributed by atoms with Crippen LogP contribution in [-0.2, 0) is 0 Å². The Balaban J connectivity index is 1.87. The second-order valence-corrected chi connectivity index (χ2v) is 7.73. The van der Waals surface area contributed by atoms with E-state index in [1.54, 1.807) is 0 Å². The minimum absolute atomic E-state index is 0.626. The second kappa shape index (κ2) is 8.85. The van der Waals surface area contributed by atoms with Gasteiger partial charge in [0.15, 0.2) is 0 Å². The molecule has 0 aliphatic heterocycles. The first-order valence-corrected chi connectivity index (χ1v) is 9.65. The smallest absolute Gasteiger partial charge is 0.0189 e. The minimum Gasteiger partial charge on any atom is -0.313 e. The predicted octanol–water partition coefficient (Wildman–Crippen LogP) is 5.46. The zero-order chi connectivity index (χ0) is 15.1. The lowest BCUT2D eigenvalue weighted by Gasteiger charge is -2.24. The first kappa shape index (κ1) is 16.9. The maximum atomic E-state index is 3.79. The molecule has 1 nitrogen and oxygen atoms in total. The molecule has 1 aromatic rings. The lowest BCUT2D eigenvalue weighted by atomic mass is 10.00. The van der Waals surface area contributed by atoms with Gasteiger partial charge in [0.2, 0.25) is 0 Å². The van der Waals surface area contributed by atoms with Crippen LogP contribution in [-0.4, -0.2) is 18.3 Å². The Morgan fingerprint density at radius 2 is 1.81 bits per heavy atom. The zero-order valence-electron chi connectivity index (χ0n) is 13.9. The van der Waals surface area contributed by atoms with Crippen molar-refractivity contribution >= 4 is 11.8 Å². The number of hydrogen-bond donors (Lipinski definition) is 1. The topological polar surface area (TPSA) is 12.0 Å². The number of nitrogens with one attached hydrogen (secondary N) is 1. The summed E-state index contributed by atoms with van der Waals surface area (Å²) in [6.07, 6.45) is 6.95. The van der Waals surface area contributed by atoms with Crippen LogP contribution in [0.15, 0.2) is 29.2 Å². The zero-order valence-corrected chi connectivity index (χ0v) is 14.7. The van der Waals surface area contributed by atoms with Crippen LogP contribution in [0.3, 0.4) is 0 Å². The molecule has 1 unspecified atom stereocenters. The molecule has 2 rings (SSSR count). The highest BCUT2D eigenvalue weighted by Crippen LogP contribution is 2.31. The maximum Gasteiger partial charge on any atom is 0.0189 e. The van der Waals surface area contributed by atoms with Crippen LogP contribution in [0, 0.1) is 5.92 Å². The van der Waals surface area contributed by atoms with Crippen molar-refractivity contribution in [1.29, 1.82) is 0 Å². The largest absolute Gasteiger partial charge is 0.313 e. The summed E-state index contributed by atoms with van der Waals surface area (Å²) in [4.78, 5) is 1.42. The van der Waals surface area contributed by atoms with Crippen LogP contribution < -0.4 is 5.32 Å². The molecular weight excluding hydrogens is 274 g/mol. The summed E-state index contributed by atoms with van der Waals surface area (Å²) in [5, 5.41) is 3.79. The van der Waals surface area contributed by atoms with Crippen molar-refractivity contribution in [1.82, 2.24) is 5.32 Å². The third kappa shape index (κ3) is 5.34. The summed E-state index contributed by atoms with van der Waals surface area (Å²) in [6.45, 7) is 7.93. The van der Waals surface area contributed by atoms with Crippen LogP contribution in [0.25, 0.3) is 0 Å². The van der Waals surface area contributed by atoms with Crippen molar-refractivity contribution in [2.24, 2.45) is 5.92 Å². The van der Waals surface area contributed by atoms with Crippen molar-refractivity contribution in [3.63, 3.8) is 0 Å². The molecular formula is C19H31NS. The molecule has 1 N–H and O–H groups in total. The fraction of sp³-hybridized carbons (Fsp3) is 0.684.